The van der Waals surface area contributed by atoms with Crippen LogP contribution in [0.4, 0.5) is 0 Å². The first kappa shape index (κ1) is 12.4. The van der Waals surface area contributed by atoms with Gasteiger partial charge in [0.1, 0.15) is 17.2 Å². The maximum Gasteiger partial charge on any atom is 0.135 e. The molecule has 0 amide bonds. The van der Waals surface area contributed by atoms with Crippen LogP contribution in [0.5, 0.6) is 17.2 Å². The van der Waals surface area contributed by atoms with E-state index in [0.29, 0.717) is 6.54 Å². The number of methoxy groups -OCH3 is 1. The van der Waals surface area contributed by atoms with Crippen molar-refractivity contribution in [1.29, 1.82) is 0 Å². The van der Waals surface area contributed by atoms with Crippen molar-refractivity contribution in [2.75, 3.05) is 7.11 Å². The molecule has 4 nitrogen and oxygen atoms in total. The second-order valence-corrected chi connectivity index (χ2v) is 3.92. The Labute approximate surface area is 106 Å². The fourth-order valence-corrected chi connectivity index (χ4v) is 1.60. The highest BCUT2D eigenvalue weighted by Crippen LogP contribution is 2.27. The maximum absolute atomic E-state index is 5.82. The van der Waals surface area contributed by atoms with E-state index in [-0.39, 0.29) is 0 Å². The van der Waals surface area contributed by atoms with Crippen molar-refractivity contribution in [3.63, 3.8) is 0 Å². The Kier molecular flexibility index (Phi) is 3.79. The molecule has 0 aliphatic rings. The lowest BCUT2D eigenvalue weighted by Gasteiger charge is -2.11. The Bertz CT molecular complexity index is 541. The smallest absolute Gasteiger partial charge is 0.135 e. The molecular formula is C14H16N2O2. The second kappa shape index (κ2) is 5.51. The van der Waals surface area contributed by atoms with Gasteiger partial charge in [0.2, 0.25) is 0 Å². The lowest BCUT2D eigenvalue weighted by molar-refractivity contribution is 0.408. The number of nitrogens with two attached hydrogens (primary N) is 1. The molecule has 0 atom stereocenters. The molecule has 0 fully saturated rings. The van der Waals surface area contributed by atoms with Crippen LogP contribution in [0.25, 0.3) is 0 Å². The van der Waals surface area contributed by atoms with Crippen molar-refractivity contribution >= 4 is 0 Å². The molecule has 2 aromatic rings. The zero-order valence-corrected chi connectivity index (χ0v) is 10.5. The number of pyridine rings is 1. The summed E-state index contributed by atoms with van der Waals surface area (Å²) in [5.41, 5.74) is 7.44. The number of aromatic nitrogens is 1. The molecule has 94 valence electrons. The molecule has 0 unspecified atom stereocenters. The molecule has 0 bridgehead atoms. The summed E-state index contributed by atoms with van der Waals surface area (Å²) < 4.78 is 11.0. The van der Waals surface area contributed by atoms with E-state index in [9.17, 15) is 0 Å². The first-order valence-electron chi connectivity index (χ1n) is 5.70. The lowest BCUT2D eigenvalue weighted by atomic mass is 10.2. The third kappa shape index (κ3) is 2.78. The minimum Gasteiger partial charge on any atom is -0.497 e. The van der Waals surface area contributed by atoms with Crippen LogP contribution in [-0.4, -0.2) is 12.1 Å². The summed E-state index contributed by atoms with van der Waals surface area (Å²) in [4.78, 5) is 4.20. The van der Waals surface area contributed by atoms with Crippen LogP contribution in [-0.2, 0) is 6.54 Å². The minimum absolute atomic E-state index is 0.395. The van der Waals surface area contributed by atoms with Crippen molar-refractivity contribution in [2.45, 2.75) is 13.5 Å². The molecule has 1 heterocycles. The molecule has 2 rings (SSSR count). The van der Waals surface area contributed by atoms with E-state index in [1.807, 2.05) is 37.3 Å². The fourth-order valence-electron chi connectivity index (χ4n) is 1.60. The number of benzene rings is 1. The van der Waals surface area contributed by atoms with Gasteiger partial charge in [-0.15, -0.1) is 0 Å². The first-order valence-corrected chi connectivity index (χ1v) is 5.70. The SMILES string of the molecule is COc1cccc(Oc2cc(C)ncc2CN)c1. The van der Waals surface area contributed by atoms with E-state index in [0.717, 1.165) is 28.5 Å². The normalized spacial score (nSPS) is 10.2. The van der Waals surface area contributed by atoms with Crippen LogP contribution in [0.1, 0.15) is 11.3 Å². The van der Waals surface area contributed by atoms with Crippen LogP contribution in [0.2, 0.25) is 0 Å². The molecule has 1 aromatic heterocycles. The average molecular weight is 244 g/mol. The topological polar surface area (TPSA) is 57.4 Å². The summed E-state index contributed by atoms with van der Waals surface area (Å²) in [6.07, 6.45) is 1.74. The minimum atomic E-state index is 0.395. The standard InChI is InChI=1S/C14H16N2O2/c1-10-6-14(11(8-15)9-16-10)18-13-5-3-4-12(7-13)17-2/h3-7,9H,8,15H2,1-2H3. The van der Waals surface area contributed by atoms with Gasteiger partial charge in [-0.2, -0.15) is 0 Å². The summed E-state index contributed by atoms with van der Waals surface area (Å²) >= 11 is 0. The Morgan fingerprint density at radius 2 is 2.00 bits per heavy atom. The highest BCUT2D eigenvalue weighted by atomic mass is 16.5. The van der Waals surface area contributed by atoms with Gasteiger partial charge in [0, 0.05) is 36.1 Å². The number of hydrogen-bond donors (Lipinski definition) is 1. The van der Waals surface area contributed by atoms with E-state index >= 15 is 0 Å². The molecule has 0 aliphatic carbocycles. The molecule has 0 aliphatic heterocycles. The van der Waals surface area contributed by atoms with E-state index in [1.165, 1.54) is 0 Å². The van der Waals surface area contributed by atoms with Crippen molar-refractivity contribution in [1.82, 2.24) is 4.98 Å². The summed E-state index contributed by atoms with van der Waals surface area (Å²) in [6, 6.07) is 9.33. The Balaban J connectivity index is 2.29. The van der Waals surface area contributed by atoms with E-state index in [2.05, 4.69) is 4.98 Å². The molecule has 0 radical (unpaired) electrons. The summed E-state index contributed by atoms with van der Waals surface area (Å²) in [5.74, 6) is 2.21. The average Bonchev–Trinajstić information content (AvgIpc) is 2.39. The Morgan fingerprint density at radius 1 is 1.22 bits per heavy atom. The van der Waals surface area contributed by atoms with E-state index < -0.39 is 0 Å². The molecule has 1 aromatic carbocycles. The van der Waals surface area contributed by atoms with Crippen LogP contribution in [0, 0.1) is 6.92 Å². The monoisotopic (exact) mass is 244 g/mol. The van der Waals surface area contributed by atoms with Gasteiger partial charge in [0.05, 0.1) is 7.11 Å². The van der Waals surface area contributed by atoms with Gasteiger partial charge in [-0.3, -0.25) is 4.98 Å². The van der Waals surface area contributed by atoms with Gasteiger partial charge in [0.15, 0.2) is 0 Å². The molecule has 18 heavy (non-hydrogen) atoms. The predicted molar refractivity (Wildman–Crippen MR) is 69.9 cm³/mol. The lowest BCUT2D eigenvalue weighted by Crippen LogP contribution is -2.01. The van der Waals surface area contributed by atoms with Crippen LogP contribution in [0.15, 0.2) is 36.5 Å². The third-order valence-corrected chi connectivity index (χ3v) is 2.57. The van der Waals surface area contributed by atoms with E-state index in [1.54, 1.807) is 13.3 Å². The van der Waals surface area contributed by atoms with Crippen molar-refractivity contribution < 1.29 is 9.47 Å². The molecule has 0 saturated carbocycles. The highest BCUT2D eigenvalue weighted by Gasteiger charge is 2.05. The Hall–Kier alpha value is -2.07. The summed E-state index contributed by atoms with van der Waals surface area (Å²) in [7, 11) is 1.63. The quantitative estimate of drug-likeness (QED) is 0.898. The maximum atomic E-state index is 5.82. The molecule has 4 heteroatoms. The van der Waals surface area contributed by atoms with Gasteiger partial charge in [-0.25, -0.2) is 0 Å². The fraction of sp³-hybridized carbons (Fsp3) is 0.214. The number of ether oxygens (including phenoxy) is 2. The summed E-state index contributed by atoms with van der Waals surface area (Å²) in [5, 5.41) is 0. The van der Waals surface area contributed by atoms with Gasteiger partial charge < -0.3 is 15.2 Å². The van der Waals surface area contributed by atoms with Crippen molar-refractivity contribution in [2.24, 2.45) is 5.73 Å². The Morgan fingerprint density at radius 3 is 2.72 bits per heavy atom. The molecular weight excluding hydrogens is 228 g/mol. The molecule has 0 spiro atoms. The van der Waals surface area contributed by atoms with Gasteiger partial charge >= 0.3 is 0 Å². The highest BCUT2D eigenvalue weighted by molar-refractivity contribution is 5.40. The third-order valence-electron chi connectivity index (χ3n) is 2.57. The summed E-state index contributed by atoms with van der Waals surface area (Å²) in [6.45, 7) is 2.31. The van der Waals surface area contributed by atoms with Crippen molar-refractivity contribution in [3.05, 3.63) is 47.8 Å². The molecule has 0 saturated heterocycles. The number of hydrogen-bond acceptors (Lipinski definition) is 4. The molecule has 2 N–H and O–H groups in total. The van der Waals surface area contributed by atoms with Crippen LogP contribution < -0.4 is 15.2 Å². The number of aryl methyl sites for hydroxylation is 1. The largest absolute Gasteiger partial charge is 0.497 e. The zero-order chi connectivity index (χ0) is 13.0. The van der Waals surface area contributed by atoms with Gasteiger partial charge in [-0.05, 0) is 19.1 Å². The second-order valence-electron chi connectivity index (χ2n) is 3.92. The van der Waals surface area contributed by atoms with Crippen LogP contribution >= 0.6 is 0 Å². The first-order chi connectivity index (χ1) is 8.72. The number of nitrogens with zero attached hydrogens (tertiary/aromatic N) is 1. The van der Waals surface area contributed by atoms with Gasteiger partial charge in [-0.1, -0.05) is 6.07 Å². The van der Waals surface area contributed by atoms with Gasteiger partial charge in [0.25, 0.3) is 0 Å². The van der Waals surface area contributed by atoms with E-state index in [4.69, 9.17) is 15.2 Å². The predicted octanol–water partition coefficient (Wildman–Crippen LogP) is 2.65. The number of rotatable bonds is 4. The zero-order valence-electron chi connectivity index (χ0n) is 10.5. The van der Waals surface area contributed by atoms with Crippen molar-refractivity contribution in [3.8, 4) is 17.2 Å². The van der Waals surface area contributed by atoms with Crippen LogP contribution in [0.3, 0.4) is 0 Å².